The van der Waals surface area contributed by atoms with Gasteiger partial charge >= 0.3 is 0 Å². The zero-order valence-electron chi connectivity index (χ0n) is 15.6. The summed E-state index contributed by atoms with van der Waals surface area (Å²) in [6.45, 7) is 0.690. The van der Waals surface area contributed by atoms with E-state index in [1.54, 1.807) is 41.1 Å². The molecular formula is C21H16Cl2N4O3. The number of anilines is 1. The summed E-state index contributed by atoms with van der Waals surface area (Å²) in [6.07, 6.45) is 1.54. The first-order valence-electron chi connectivity index (χ1n) is 8.97. The number of carbonyl (C=O) groups excluding carboxylic acids is 1. The molecule has 9 heteroatoms. The molecule has 0 spiro atoms. The fraction of sp³-hybridized carbons (Fsp3) is 0.0952. The fourth-order valence-electron chi connectivity index (χ4n) is 2.63. The number of furan rings is 1. The van der Waals surface area contributed by atoms with Crippen LogP contribution in [-0.4, -0.2) is 20.7 Å². The molecule has 0 radical (unpaired) electrons. The molecule has 1 N–H and O–H groups in total. The first kappa shape index (κ1) is 20.0. The van der Waals surface area contributed by atoms with E-state index in [-0.39, 0.29) is 18.3 Å². The summed E-state index contributed by atoms with van der Waals surface area (Å²) in [4.78, 5) is 16.5. The van der Waals surface area contributed by atoms with E-state index >= 15 is 0 Å². The van der Waals surface area contributed by atoms with E-state index in [4.69, 9.17) is 32.4 Å². The van der Waals surface area contributed by atoms with Crippen LogP contribution < -0.4 is 10.1 Å². The fourth-order valence-corrected chi connectivity index (χ4v) is 2.88. The minimum atomic E-state index is -0.447. The van der Waals surface area contributed by atoms with E-state index < -0.39 is 5.91 Å². The minimum absolute atomic E-state index is 0.138. The number of nitrogens with one attached hydrogen (secondary N) is 1. The third-order valence-electron chi connectivity index (χ3n) is 4.10. The lowest BCUT2D eigenvalue weighted by atomic mass is 10.2. The van der Waals surface area contributed by atoms with Gasteiger partial charge in [-0.25, -0.2) is 9.67 Å². The third kappa shape index (κ3) is 5.20. The molecule has 0 bridgehead atoms. The lowest BCUT2D eigenvalue weighted by molar-refractivity contribution is 0.0991. The topological polar surface area (TPSA) is 82.2 Å². The van der Waals surface area contributed by atoms with Crippen LogP contribution in [0.15, 0.2) is 71.4 Å². The molecule has 0 aliphatic carbocycles. The Hall–Kier alpha value is -3.29. The van der Waals surface area contributed by atoms with Gasteiger partial charge in [-0.15, -0.1) is 5.10 Å². The maximum absolute atomic E-state index is 12.4. The molecule has 0 saturated heterocycles. The molecule has 0 fully saturated rings. The second-order valence-corrected chi connectivity index (χ2v) is 7.23. The minimum Gasteiger partial charge on any atom is -0.486 e. The number of hydrogen-bond donors (Lipinski definition) is 1. The highest BCUT2D eigenvalue weighted by molar-refractivity contribution is 6.30. The molecule has 2 aromatic heterocycles. The first-order valence-corrected chi connectivity index (χ1v) is 9.73. The molecule has 0 unspecified atom stereocenters. The van der Waals surface area contributed by atoms with Gasteiger partial charge in [-0.2, -0.15) is 0 Å². The van der Waals surface area contributed by atoms with Gasteiger partial charge in [-0.1, -0.05) is 35.3 Å². The highest BCUT2D eigenvalue weighted by Crippen LogP contribution is 2.18. The summed E-state index contributed by atoms with van der Waals surface area (Å²) in [6, 6.07) is 17.6. The number of rotatable bonds is 7. The van der Waals surface area contributed by atoms with Crippen molar-refractivity contribution < 1.29 is 13.9 Å². The van der Waals surface area contributed by atoms with Crippen molar-refractivity contribution in [2.75, 3.05) is 5.32 Å². The van der Waals surface area contributed by atoms with Gasteiger partial charge in [0.2, 0.25) is 5.95 Å². The largest absolute Gasteiger partial charge is 0.486 e. The molecule has 30 heavy (non-hydrogen) atoms. The summed E-state index contributed by atoms with van der Waals surface area (Å²) >= 11 is 11.7. The van der Waals surface area contributed by atoms with Crippen molar-refractivity contribution in [3.8, 4) is 5.75 Å². The number of hydrogen-bond acceptors (Lipinski definition) is 5. The smallest absolute Gasteiger partial charge is 0.293 e. The predicted molar refractivity (Wildman–Crippen MR) is 113 cm³/mol. The number of amides is 1. The molecule has 1 amide bonds. The van der Waals surface area contributed by atoms with Gasteiger partial charge in [0.1, 0.15) is 24.4 Å². The summed E-state index contributed by atoms with van der Waals surface area (Å²) in [7, 11) is 0. The number of carbonyl (C=O) groups is 1. The zero-order valence-corrected chi connectivity index (χ0v) is 17.1. The second kappa shape index (κ2) is 9.02. The Kier molecular flexibility index (Phi) is 6.02. The summed E-state index contributed by atoms with van der Waals surface area (Å²) in [5, 5.41) is 8.16. The van der Waals surface area contributed by atoms with Crippen molar-refractivity contribution in [2.45, 2.75) is 13.2 Å². The second-order valence-electron chi connectivity index (χ2n) is 6.35. The molecule has 152 valence electrons. The molecule has 0 saturated carbocycles. The summed E-state index contributed by atoms with van der Waals surface area (Å²) in [5.41, 5.74) is 1.01. The number of nitrogens with zero attached hydrogens (tertiary/aromatic N) is 3. The normalized spacial score (nSPS) is 10.7. The molecule has 4 rings (SSSR count). The van der Waals surface area contributed by atoms with Crippen molar-refractivity contribution >= 4 is 35.1 Å². The lowest BCUT2D eigenvalue weighted by Crippen LogP contribution is -2.12. The number of benzene rings is 2. The van der Waals surface area contributed by atoms with Crippen molar-refractivity contribution in [3.63, 3.8) is 0 Å². The Morgan fingerprint density at radius 1 is 1.00 bits per heavy atom. The maximum Gasteiger partial charge on any atom is 0.293 e. The van der Waals surface area contributed by atoms with Gasteiger partial charge < -0.3 is 9.15 Å². The van der Waals surface area contributed by atoms with Crippen LogP contribution in [0.3, 0.4) is 0 Å². The molecular weight excluding hydrogens is 427 g/mol. The zero-order chi connectivity index (χ0) is 20.9. The maximum atomic E-state index is 12.4. The Labute approximate surface area is 182 Å². The monoisotopic (exact) mass is 442 g/mol. The van der Waals surface area contributed by atoms with Crippen molar-refractivity contribution in [1.29, 1.82) is 0 Å². The molecule has 2 heterocycles. The first-order chi connectivity index (χ1) is 14.5. The molecule has 4 aromatic rings. The van der Waals surface area contributed by atoms with Gasteiger partial charge in [0.15, 0.2) is 5.76 Å². The SMILES string of the molecule is O=C(Nc1ncn(Cc2ccc(Cl)cc2)n1)c1ccc(COc2ccc(Cl)cc2)o1. The van der Waals surface area contributed by atoms with Crippen molar-refractivity contribution in [2.24, 2.45) is 0 Å². The molecule has 0 atom stereocenters. The Morgan fingerprint density at radius 2 is 1.70 bits per heavy atom. The van der Waals surface area contributed by atoms with Crippen LogP contribution in [0.1, 0.15) is 21.9 Å². The summed E-state index contributed by atoms with van der Waals surface area (Å²) < 4.78 is 12.8. The van der Waals surface area contributed by atoms with Gasteiger partial charge in [0, 0.05) is 10.0 Å². The standard InChI is InChI=1S/C21H16Cl2N4O3/c22-15-3-1-14(2-4-15)11-27-13-24-21(26-27)25-20(28)19-10-9-18(30-19)12-29-17-7-5-16(23)6-8-17/h1-10,13H,11-12H2,(H,25,26,28). The van der Waals surface area contributed by atoms with E-state index in [0.717, 1.165) is 5.56 Å². The highest BCUT2D eigenvalue weighted by Gasteiger charge is 2.14. The highest BCUT2D eigenvalue weighted by atomic mass is 35.5. The molecule has 7 nitrogen and oxygen atoms in total. The number of ether oxygens (including phenoxy) is 1. The van der Waals surface area contributed by atoms with Gasteiger partial charge in [0.05, 0.1) is 6.54 Å². The summed E-state index contributed by atoms with van der Waals surface area (Å²) in [5.74, 6) is 1.04. The van der Waals surface area contributed by atoms with Crippen LogP contribution in [0, 0.1) is 0 Å². The van der Waals surface area contributed by atoms with Gasteiger partial charge in [-0.05, 0) is 54.1 Å². The average molecular weight is 443 g/mol. The number of aromatic nitrogens is 3. The molecule has 0 aliphatic heterocycles. The quantitative estimate of drug-likeness (QED) is 0.432. The number of halogens is 2. The van der Waals surface area contributed by atoms with Crippen LogP contribution in [0.5, 0.6) is 5.75 Å². The lowest BCUT2D eigenvalue weighted by Gasteiger charge is -2.04. The third-order valence-corrected chi connectivity index (χ3v) is 4.60. The van der Waals surface area contributed by atoms with Crippen molar-refractivity contribution in [1.82, 2.24) is 14.8 Å². The van der Waals surface area contributed by atoms with Gasteiger partial charge in [0.25, 0.3) is 5.91 Å². The van der Waals surface area contributed by atoms with Crippen LogP contribution in [-0.2, 0) is 13.2 Å². The van der Waals surface area contributed by atoms with Crippen LogP contribution in [0.2, 0.25) is 10.0 Å². The predicted octanol–water partition coefficient (Wildman–Crippen LogP) is 5.06. The Morgan fingerprint density at radius 3 is 2.43 bits per heavy atom. The van der Waals surface area contributed by atoms with E-state index in [2.05, 4.69) is 15.4 Å². The van der Waals surface area contributed by atoms with Crippen LogP contribution in [0.4, 0.5) is 5.95 Å². The molecule has 0 aliphatic rings. The van der Waals surface area contributed by atoms with Crippen LogP contribution >= 0.6 is 23.2 Å². The average Bonchev–Trinajstić information content (AvgIpc) is 3.39. The van der Waals surface area contributed by atoms with Crippen molar-refractivity contribution in [3.05, 3.63) is 94.1 Å². The van der Waals surface area contributed by atoms with E-state index in [1.165, 1.54) is 6.33 Å². The van der Waals surface area contributed by atoms with E-state index in [0.29, 0.717) is 28.1 Å². The Bertz CT molecular complexity index is 1140. The molecule has 2 aromatic carbocycles. The Balaban J connectivity index is 1.32. The van der Waals surface area contributed by atoms with Crippen LogP contribution in [0.25, 0.3) is 0 Å². The van der Waals surface area contributed by atoms with E-state index in [1.807, 2.05) is 24.3 Å². The van der Waals surface area contributed by atoms with E-state index in [9.17, 15) is 4.79 Å². The van der Waals surface area contributed by atoms with Gasteiger partial charge in [-0.3, -0.25) is 10.1 Å².